The Kier molecular flexibility index (Phi) is 3.80. The average molecular weight is 259 g/mol. The second kappa shape index (κ2) is 5.18. The number of halogens is 3. The normalized spacial score (nSPS) is 24.9. The maximum absolute atomic E-state index is 12.8. The molecule has 2 unspecified atom stereocenters. The summed E-state index contributed by atoms with van der Waals surface area (Å²) in [6, 6.07) is 5.37. The van der Waals surface area contributed by atoms with Crippen molar-refractivity contribution in [1.29, 1.82) is 0 Å². The molecule has 1 N–H and O–H groups in total. The number of alkyl halides is 3. The Hall–Kier alpha value is -1.23. The van der Waals surface area contributed by atoms with Crippen molar-refractivity contribution >= 4 is 0 Å². The van der Waals surface area contributed by atoms with Crippen LogP contribution in [0.1, 0.15) is 18.9 Å². The first-order chi connectivity index (χ1) is 8.48. The number of para-hydroxylation sites is 1. The first-order valence-electron chi connectivity index (χ1n) is 6.02. The van der Waals surface area contributed by atoms with Crippen LogP contribution in [0.4, 0.5) is 13.2 Å². The smallest absolute Gasteiger partial charge is 0.419 e. The fraction of sp³-hybridized carbons (Fsp3) is 0.538. The van der Waals surface area contributed by atoms with Crippen molar-refractivity contribution in [1.82, 2.24) is 5.32 Å². The van der Waals surface area contributed by atoms with Crippen molar-refractivity contribution < 1.29 is 17.9 Å². The Morgan fingerprint density at radius 3 is 2.67 bits per heavy atom. The van der Waals surface area contributed by atoms with Crippen LogP contribution in [0.2, 0.25) is 0 Å². The van der Waals surface area contributed by atoms with Crippen LogP contribution in [0.3, 0.4) is 0 Å². The molecule has 2 atom stereocenters. The molecule has 100 valence electrons. The van der Waals surface area contributed by atoms with Crippen LogP contribution in [0, 0.1) is 5.92 Å². The van der Waals surface area contributed by atoms with Crippen LogP contribution in [0.15, 0.2) is 24.3 Å². The van der Waals surface area contributed by atoms with E-state index >= 15 is 0 Å². The van der Waals surface area contributed by atoms with Gasteiger partial charge in [-0.2, -0.15) is 13.2 Å². The number of hydrogen-bond acceptors (Lipinski definition) is 2. The molecule has 1 aromatic rings. The van der Waals surface area contributed by atoms with Crippen LogP contribution in [0.5, 0.6) is 5.75 Å². The van der Waals surface area contributed by atoms with Gasteiger partial charge in [0, 0.05) is 6.54 Å². The van der Waals surface area contributed by atoms with Gasteiger partial charge in [-0.25, -0.2) is 0 Å². The van der Waals surface area contributed by atoms with Crippen LogP contribution < -0.4 is 10.1 Å². The Bertz CT molecular complexity index is 405. The largest absolute Gasteiger partial charge is 0.488 e. The molecule has 2 nitrogen and oxygen atoms in total. The van der Waals surface area contributed by atoms with Gasteiger partial charge in [-0.1, -0.05) is 19.1 Å². The average Bonchev–Trinajstić information content (AvgIpc) is 2.31. The summed E-state index contributed by atoms with van der Waals surface area (Å²) in [5.74, 6) is 0.179. The first kappa shape index (κ1) is 13.2. The quantitative estimate of drug-likeness (QED) is 0.881. The molecule has 2 rings (SSSR count). The highest BCUT2D eigenvalue weighted by atomic mass is 19.4. The number of piperidine rings is 1. The van der Waals surface area contributed by atoms with Gasteiger partial charge in [0.05, 0.1) is 5.56 Å². The predicted octanol–water partition coefficient (Wildman–Crippen LogP) is 3.08. The van der Waals surface area contributed by atoms with Gasteiger partial charge in [-0.3, -0.25) is 0 Å². The Morgan fingerprint density at radius 2 is 2.00 bits per heavy atom. The van der Waals surface area contributed by atoms with Crippen molar-refractivity contribution in [2.75, 3.05) is 13.1 Å². The minimum absolute atomic E-state index is 0.0782. The lowest BCUT2D eigenvalue weighted by molar-refractivity contribution is -0.139. The lowest BCUT2D eigenvalue weighted by Gasteiger charge is -2.30. The van der Waals surface area contributed by atoms with Crippen molar-refractivity contribution in [2.45, 2.75) is 25.6 Å². The maximum Gasteiger partial charge on any atom is 0.419 e. The molecule has 5 heteroatoms. The molecule has 1 saturated heterocycles. The van der Waals surface area contributed by atoms with Gasteiger partial charge in [0.2, 0.25) is 0 Å². The van der Waals surface area contributed by atoms with Gasteiger partial charge in [0.1, 0.15) is 11.9 Å². The van der Waals surface area contributed by atoms with Gasteiger partial charge in [-0.05, 0) is 31.0 Å². The predicted molar refractivity (Wildman–Crippen MR) is 62.5 cm³/mol. The van der Waals surface area contributed by atoms with E-state index in [0.717, 1.165) is 19.0 Å². The molecule has 0 amide bonds. The van der Waals surface area contributed by atoms with E-state index in [1.807, 2.05) is 6.92 Å². The van der Waals surface area contributed by atoms with Crippen molar-refractivity contribution in [3.63, 3.8) is 0 Å². The van der Waals surface area contributed by atoms with Crippen LogP contribution in [-0.4, -0.2) is 19.2 Å². The minimum Gasteiger partial charge on any atom is -0.488 e. The summed E-state index contributed by atoms with van der Waals surface area (Å²) in [5.41, 5.74) is -0.706. The van der Waals surface area contributed by atoms with Crippen molar-refractivity contribution in [3.8, 4) is 5.75 Å². The van der Waals surface area contributed by atoms with Gasteiger partial charge in [0.15, 0.2) is 0 Å². The maximum atomic E-state index is 12.8. The lowest BCUT2D eigenvalue weighted by atomic mass is 9.97. The van der Waals surface area contributed by atoms with E-state index < -0.39 is 11.7 Å². The zero-order valence-corrected chi connectivity index (χ0v) is 10.1. The van der Waals surface area contributed by atoms with E-state index in [1.165, 1.54) is 12.1 Å². The standard InChI is InChI=1S/C13H16F3NO/c1-9-6-7-17-8-12(9)18-11-5-3-2-4-10(11)13(14,15)16/h2-5,9,12,17H,6-8H2,1H3. The molecule has 1 heterocycles. The monoisotopic (exact) mass is 259 g/mol. The third-order valence-corrected chi connectivity index (χ3v) is 3.23. The molecule has 18 heavy (non-hydrogen) atoms. The number of nitrogens with one attached hydrogen (secondary N) is 1. The second-order valence-electron chi connectivity index (χ2n) is 4.62. The van der Waals surface area contributed by atoms with E-state index in [9.17, 15) is 13.2 Å². The molecule has 1 aliphatic rings. The number of hydrogen-bond donors (Lipinski definition) is 1. The van der Waals surface area contributed by atoms with E-state index in [-0.39, 0.29) is 17.8 Å². The zero-order valence-electron chi connectivity index (χ0n) is 10.1. The van der Waals surface area contributed by atoms with E-state index in [1.54, 1.807) is 6.07 Å². The number of ether oxygens (including phenoxy) is 1. The van der Waals surface area contributed by atoms with Gasteiger partial charge < -0.3 is 10.1 Å². The summed E-state index contributed by atoms with van der Waals surface area (Å²) in [6.45, 7) is 3.48. The molecular formula is C13H16F3NO. The Labute approximate surface area is 104 Å². The second-order valence-corrected chi connectivity index (χ2v) is 4.62. The van der Waals surface area contributed by atoms with E-state index in [0.29, 0.717) is 6.54 Å². The van der Waals surface area contributed by atoms with Crippen LogP contribution >= 0.6 is 0 Å². The summed E-state index contributed by atoms with van der Waals surface area (Å²) in [7, 11) is 0. The Morgan fingerprint density at radius 1 is 1.28 bits per heavy atom. The topological polar surface area (TPSA) is 21.3 Å². The molecule has 0 radical (unpaired) electrons. The fourth-order valence-electron chi connectivity index (χ4n) is 2.09. The molecule has 0 aliphatic carbocycles. The zero-order chi connectivity index (χ0) is 13.2. The highest BCUT2D eigenvalue weighted by Crippen LogP contribution is 2.36. The molecule has 1 fully saturated rings. The summed E-state index contributed by atoms with van der Waals surface area (Å²) >= 11 is 0. The van der Waals surface area contributed by atoms with Crippen LogP contribution in [-0.2, 0) is 6.18 Å². The number of rotatable bonds is 2. The van der Waals surface area contributed by atoms with E-state index in [4.69, 9.17) is 4.74 Å². The third kappa shape index (κ3) is 2.96. The molecule has 0 bridgehead atoms. The summed E-state index contributed by atoms with van der Waals surface area (Å²) < 4.78 is 44.0. The van der Waals surface area contributed by atoms with Crippen LogP contribution in [0.25, 0.3) is 0 Å². The molecule has 1 aliphatic heterocycles. The summed E-state index contributed by atoms with van der Waals surface area (Å²) in [4.78, 5) is 0. The SMILES string of the molecule is CC1CCNCC1Oc1ccccc1C(F)(F)F. The minimum atomic E-state index is -4.37. The summed E-state index contributed by atoms with van der Waals surface area (Å²) in [5, 5.41) is 3.14. The van der Waals surface area contributed by atoms with E-state index in [2.05, 4.69) is 5.32 Å². The molecule has 1 aromatic carbocycles. The van der Waals surface area contributed by atoms with Gasteiger partial charge in [-0.15, -0.1) is 0 Å². The molecule has 0 aromatic heterocycles. The molecule has 0 saturated carbocycles. The fourth-order valence-corrected chi connectivity index (χ4v) is 2.09. The van der Waals surface area contributed by atoms with Crippen molar-refractivity contribution in [2.24, 2.45) is 5.92 Å². The lowest BCUT2D eigenvalue weighted by Crippen LogP contribution is -2.43. The highest BCUT2D eigenvalue weighted by molar-refractivity contribution is 5.35. The van der Waals surface area contributed by atoms with Gasteiger partial charge in [0.25, 0.3) is 0 Å². The van der Waals surface area contributed by atoms with Crippen molar-refractivity contribution in [3.05, 3.63) is 29.8 Å². The highest BCUT2D eigenvalue weighted by Gasteiger charge is 2.35. The Balaban J connectivity index is 2.18. The third-order valence-electron chi connectivity index (χ3n) is 3.23. The summed E-state index contributed by atoms with van der Waals surface area (Å²) in [6.07, 6.45) is -3.66. The molecule has 0 spiro atoms. The molecular weight excluding hydrogens is 243 g/mol. The number of benzene rings is 1. The first-order valence-corrected chi connectivity index (χ1v) is 6.02. The van der Waals surface area contributed by atoms with Gasteiger partial charge >= 0.3 is 6.18 Å².